The summed E-state index contributed by atoms with van der Waals surface area (Å²) in [6, 6.07) is 13.0. The van der Waals surface area contributed by atoms with E-state index in [0.717, 1.165) is 46.9 Å². The van der Waals surface area contributed by atoms with Crippen LogP contribution in [0.5, 0.6) is 5.75 Å². The lowest BCUT2D eigenvalue weighted by atomic mass is 10.0. The van der Waals surface area contributed by atoms with Crippen molar-refractivity contribution in [1.29, 1.82) is 0 Å². The Hall–Kier alpha value is -3.45. The highest BCUT2D eigenvalue weighted by atomic mass is 35.5. The predicted molar refractivity (Wildman–Crippen MR) is 128 cm³/mol. The summed E-state index contributed by atoms with van der Waals surface area (Å²) in [5.74, 6) is 1.52. The van der Waals surface area contributed by atoms with Crippen LogP contribution < -0.4 is 15.0 Å². The van der Waals surface area contributed by atoms with Crippen molar-refractivity contribution in [2.45, 2.75) is 25.3 Å². The van der Waals surface area contributed by atoms with Crippen LogP contribution >= 0.6 is 11.6 Å². The Labute approximate surface area is 197 Å². The van der Waals surface area contributed by atoms with E-state index in [4.69, 9.17) is 20.9 Å². The number of urea groups is 1. The zero-order valence-corrected chi connectivity index (χ0v) is 19.1. The minimum absolute atomic E-state index is 0.154. The molecule has 170 valence electrons. The van der Waals surface area contributed by atoms with E-state index in [0.29, 0.717) is 30.3 Å². The molecular weight excluding hydrogens is 440 g/mol. The molecule has 8 heteroatoms. The summed E-state index contributed by atoms with van der Waals surface area (Å²) in [4.78, 5) is 17.0. The normalized spacial score (nSPS) is 17.6. The standard InChI is InChI=1S/C25H25ClN4O3/c1-16-15-32-23-10-9-20(13-22(23)29(16)2)28-25(31)30-11-3-4-21(30)24-18(14-27-33-24)12-17-5-7-19(26)8-6-17/h5-10,13-14,21H,1,3-4,11-12,15H2,2H3,(H,28,31)/t21-/m1/s1. The molecule has 1 atom stereocenters. The fourth-order valence-corrected chi connectivity index (χ4v) is 4.51. The second kappa shape index (κ2) is 8.83. The van der Waals surface area contributed by atoms with Crippen LogP contribution in [0.2, 0.25) is 5.02 Å². The van der Waals surface area contributed by atoms with E-state index < -0.39 is 0 Å². The fourth-order valence-electron chi connectivity index (χ4n) is 4.38. The van der Waals surface area contributed by atoms with Crippen LogP contribution in [-0.2, 0) is 6.42 Å². The molecule has 5 rings (SSSR count). The van der Waals surface area contributed by atoms with E-state index in [1.165, 1.54) is 0 Å². The SMILES string of the molecule is C=C1COc2ccc(NC(=O)N3CCC[C@@H]3c3oncc3Cc3ccc(Cl)cc3)cc2N1C. The molecule has 0 aliphatic carbocycles. The van der Waals surface area contributed by atoms with Crippen molar-refractivity contribution in [3.63, 3.8) is 0 Å². The second-order valence-electron chi connectivity index (χ2n) is 8.40. The number of benzene rings is 2. The molecule has 3 heterocycles. The van der Waals surface area contributed by atoms with E-state index in [-0.39, 0.29) is 12.1 Å². The van der Waals surface area contributed by atoms with Gasteiger partial charge < -0.3 is 24.4 Å². The van der Waals surface area contributed by atoms with Crippen molar-refractivity contribution in [2.24, 2.45) is 0 Å². The van der Waals surface area contributed by atoms with Crippen LogP contribution in [0.4, 0.5) is 16.2 Å². The molecular formula is C25H25ClN4O3. The third-order valence-electron chi connectivity index (χ3n) is 6.24. The quantitative estimate of drug-likeness (QED) is 0.541. The average molecular weight is 465 g/mol. The Bertz CT molecular complexity index is 1190. The molecule has 2 aliphatic heterocycles. The molecule has 1 aromatic heterocycles. The number of carbonyl (C=O) groups excluding carboxylic acids is 1. The number of likely N-dealkylation sites (N-methyl/N-ethyl adjacent to an activating group) is 1. The first-order valence-corrected chi connectivity index (χ1v) is 11.3. The van der Waals surface area contributed by atoms with Crippen LogP contribution in [0.1, 0.15) is 35.8 Å². The summed E-state index contributed by atoms with van der Waals surface area (Å²) in [7, 11) is 1.94. The minimum Gasteiger partial charge on any atom is -0.485 e. The number of nitrogens with zero attached hydrogens (tertiary/aromatic N) is 3. The maximum atomic E-state index is 13.2. The van der Waals surface area contributed by atoms with Gasteiger partial charge in [-0.3, -0.25) is 0 Å². The van der Waals surface area contributed by atoms with E-state index in [1.54, 1.807) is 6.20 Å². The summed E-state index contributed by atoms with van der Waals surface area (Å²) >= 11 is 6.01. The van der Waals surface area contributed by atoms with Crippen LogP contribution in [-0.4, -0.2) is 36.3 Å². The lowest BCUT2D eigenvalue weighted by Crippen LogP contribution is -2.34. The van der Waals surface area contributed by atoms with Crippen LogP contribution in [0.3, 0.4) is 0 Å². The first-order valence-electron chi connectivity index (χ1n) is 10.9. The molecule has 7 nitrogen and oxygen atoms in total. The number of amides is 2. The third-order valence-corrected chi connectivity index (χ3v) is 6.49. The van der Waals surface area contributed by atoms with E-state index in [1.807, 2.05) is 59.3 Å². The highest BCUT2D eigenvalue weighted by Gasteiger charge is 2.34. The van der Waals surface area contributed by atoms with Crippen molar-refractivity contribution in [3.05, 3.63) is 82.8 Å². The number of carbonyl (C=O) groups is 1. The number of ether oxygens (including phenoxy) is 1. The van der Waals surface area contributed by atoms with Gasteiger partial charge in [0.25, 0.3) is 0 Å². The first kappa shape index (κ1) is 21.4. The number of fused-ring (bicyclic) bond motifs is 1. The molecule has 0 unspecified atom stereocenters. The van der Waals surface area contributed by atoms with E-state index >= 15 is 0 Å². The maximum absolute atomic E-state index is 13.2. The second-order valence-corrected chi connectivity index (χ2v) is 8.83. The van der Waals surface area contributed by atoms with Gasteiger partial charge in [0.15, 0.2) is 5.76 Å². The highest BCUT2D eigenvalue weighted by molar-refractivity contribution is 6.30. The van der Waals surface area contributed by atoms with Gasteiger partial charge in [-0.05, 0) is 48.7 Å². The van der Waals surface area contributed by atoms with Gasteiger partial charge in [0, 0.05) is 42.0 Å². The number of likely N-dealkylation sites (tertiary alicyclic amines) is 1. The molecule has 1 fully saturated rings. The maximum Gasteiger partial charge on any atom is 0.322 e. The highest BCUT2D eigenvalue weighted by Crippen LogP contribution is 2.38. The Morgan fingerprint density at radius 3 is 2.91 bits per heavy atom. The summed E-state index contributed by atoms with van der Waals surface area (Å²) in [6.07, 6.45) is 4.14. The summed E-state index contributed by atoms with van der Waals surface area (Å²) in [6.45, 7) is 5.12. The number of anilines is 2. The van der Waals surface area contributed by atoms with Gasteiger partial charge >= 0.3 is 6.03 Å². The zero-order valence-electron chi connectivity index (χ0n) is 18.4. The van der Waals surface area contributed by atoms with Gasteiger partial charge in [0.1, 0.15) is 12.4 Å². The van der Waals surface area contributed by atoms with Crippen molar-refractivity contribution in [1.82, 2.24) is 10.1 Å². The Morgan fingerprint density at radius 2 is 2.09 bits per heavy atom. The Kier molecular flexibility index (Phi) is 5.72. The number of hydrogen-bond donors (Lipinski definition) is 1. The first-order chi connectivity index (χ1) is 16.0. The number of hydrogen-bond acceptors (Lipinski definition) is 5. The molecule has 2 amide bonds. The molecule has 3 aromatic rings. The molecule has 1 saturated heterocycles. The average Bonchev–Trinajstić information content (AvgIpc) is 3.47. The monoisotopic (exact) mass is 464 g/mol. The van der Waals surface area contributed by atoms with E-state index in [2.05, 4.69) is 17.1 Å². The van der Waals surface area contributed by atoms with Gasteiger partial charge in [0.05, 0.1) is 17.9 Å². The smallest absolute Gasteiger partial charge is 0.322 e. The molecule has 0 saturated carbocycles. The number of nitrogens with one attached hydrogen (secondary N) is 1. The number of halogens is 1. The van der Waals surface area contributed by atoms with Gasteiger partial charge in [-0.15, -0.1) is 0 Å². The molecule has 2 aliphatic rings. The molecule has 33 heavy (non-hydrogen) atoms. The number of aromatic nitrogens is 1. The summed E-state index contributed by atoms with van der Waals surface area (Å²) < 4.78 is 11.4. The molecule has 1 N–H and O–H groups in total. The lowest BCUT2D eigenvalue weighted by Gasteiger charge is -2.30. The van der Waals surface area contributed by atoms with Crippen LogP contribution in [0, 0.1) is 0 Å². The van der Waals surface area contributed by atoms with E-state index in [9.17, 15) is 4.79 Å². The molecule has 0 spiro atoms. The predicted octanol–water partition coefficient (Wildman–Crippen LogP) is 5.63. The summed E-state index contributed by atoms with van der Waals surface area (Å²) in [5.41, 5.74) is 4.54. The third kappa shape index (κ3) is 4.28. The Morgan fingerprint density at radius 1 is 1.27 bits per heavy atom. The summed E-state index contributed by atoms with van der Waals surface area (Å²) in [5, 5.41) is 7.77. The van der Waals surface area contributed by atoms with Gasteiger partial charge in [-0.1, -0.05) is 35.5 Å². The van der Waals surface area contributed by atoms with Crippen molar-refractivity contribution < 1.29 is 14.1 Å². The lowest BCUT2D eigenvalue weighted by molar-refractivity contribution is 0.195. The van der Waals surface area contributed by atoms with Crippen molar-refractivity contribution in [3.8, 4) is 5.75 Å². The Balaban J connectivity index is 1.33. The van der Waals surface area contributed by atoms with Crippen LogP contribution in [0.15, 0.2) is 65.5 Å². The van der Waals surface area contributed by atoms with Gasteiger partial charge in [-0.2, -0.15) is 0 Å². The fraction of sp³-hybridized carbons (Fsp3) is 0.280. The van der Waals surface area contributed by atoms with Gasteiger partial charge in [0.2, 0.25) is 0 Å². The topological polar surface area (TPSA) is 70.8 Å². The van der Waals surface area contributed by atoms with Crippen LogP contribution in [0.25, 0.3) is 0 Å². The number of rotatable bonds is 4. The largest absolute Gasteiger partial charge is 0.485 e. The molecule has 2 aromatic carbocycles. The zero-order chi connectivity index (χ0) is 22.9. The molecule has 0 bridgehead atoms. The van der Waals surface area contributed by atoms with Crippen molar-refractivity contribution in [2.75, 3.05) is 30.4 Å². The molecule has 0 radical (unpaired) electrons. The van der Waals surface area contributed by atoms with Crippen molar-refractivity contribution >= 4 is 29.0 Å². The minimum atomic E-state index is -0.162. The van der Waals surface area contributed by atoms with Gasteiger partial charge in [-0.25, -0.2) is 4.79 Å².